The van der Waals surface area contributed by atoms with Crippen molar-refractivity contribution in [3.05, 3.63) is 23.7 Å². The smallest absolute Gasteiger partial charge is 0.177 e. The standard InChI is InChI=1S/C11H17N5/c1-7(5-12)14-6-9-3-4-13-11-10(9)15-8(2)16-11/h3-4,7,14H,5-6,12H2,1-2H3,(H,13,15,16)/t7-/m1/s1. The van der Waals surface area contributed by atoms with Crippen LogP contribution in [0.4, 0.5) is 0 Å². The van der Waals surface area contributed by atoms with E-state index in [1.165, 1.54) is 5.56 Å². The molecule has 0 aliphatic rings. The Labute approximate surface area is 94.5 Å². The third kappa shape index (κ3) is 2.20. The highest BCUT2D eigenvalue weighted by molar-refractivity contribution is 5.74. The maximum Gasteiger partial charge on any atom is 0.177 e. The van der Waals surface area contributed by atoms with Crippen LogP contribution in [0.3, 0.4) is 0 Å². The van der Waals surface area contributed by atoms with Crippen LogP contribution in [0.25, 0.3) is 11.2 Å². The Bertz CT molecular complexity index is 476. The molecule has 0 aliphatic heterocycles. The minimum atomic E-state index is 0.312. The van der Waals surface area contributed by atoms with Gasteiger partial charge >= 0.3 is 0 Å². The highest BCUT2D eigenvalue weighted by atomic mass is 15.0. The summed E-state index contributed by atoms with van der Waals surface area (Å²) in [7, 11) is 0. The van der Waals surface area contributed by atoms with Gasteiger partial charge in [0.1, 0.15) is 5.82 Å². The van der Waals surface area contributed by atoms with Gasteiger partial charge in [0.15, 0.2) is 5.65 Å². The van der Waals surface area contributed by atoms with Crippen LogP contribution in [0.1, 0.15) is 18.3 Å². The number of nitrogens with one attached hydrogen (secondary N) is 2. The van der Waals surface area contributed by atoms with Gasteiger partial charge in [-0.2, -0.15) is 0 Å². The number of nitrogens with two attached hydrogens (primary N) is 1. The SMILES string of the molecule is Cc1nc2nccc(CN[C@H](C)CN)c2[nH]1. The van der Waals surface area contributed by atoms with Crippen LogP contribution in [0.2, 0.25) is 0 Å². The number of hydrogen-bond acceptors (Lipinski definition) is 4. The molecule has 4 N–H and O–H groups in total. The second-order valence-corrected chi connectivity index (χ2v) is 4.01. The van der Waals surface area contributed by atoms with Crippen molar-refractivity contribution in [3.8, 4) is 0 Å². The van der Waals surface area contributed by atoms with Crippen molar-refractivity contribution in [2.24, 2.45) is 5.73 Å². The summed E-state index contributed by atoms with van der Waals surface area (Å²) < 4.78 is 0. The molecule has 2 aromatic rings. The first-order chi connectivity index (χ1) is 7.70. The summed E-state index contributed by atoms with van der Waals surface area (Å²) in [4.78, 5) is 11.7. The lowest BCUT2D eigenvalue weighted by molar-refractivity contribution is 0.557. The van der Waals surface area contributed by atoms with E-state index in [1.807, 2.05) is 13.0 Å². The first kappa shape index (κ1) is 11.0. The molecule has 2 heterocycles. The van der Waals surface area contributed by atoms with Gasteiger partial charge in [0.05, 0.1) is 5.52 Å². The number of H-pyrrole nitrogens is 1. The maximum atomic E-state index is 5.56. The molecule has 0 saturated heterocycles. The fourth-order valence-electron chi connectivity index (χ4n) is 1.59. The topological polar surface area (TPSA) is 79.6 Å². The molecule has 5 nitrogen and oxygen atoms in total. The monoisotopic (exact) mass is 219 g/mol. The van der Waals surface area contributed by atoms with Gasteiger partial charge in [0.25, 0.3) is 0 Å². The lowest BCUT2D eigenvalue weighted by Gasteiger charge is -2.11. The van der Waals surface area contributed by atoms with Crippen molar-refractivity contribution >= 4 is 11.2 Å². The van der Waals surface area contributed by atoms with E-state index in [2.05, 4.69) is 27.2 Å². The first-order valence-corrected chi connectivity index (χ1v) is 5.44. The molecule has 0 unspecified atom stereocenters. The quantitative estimate of drug-likeness (QED) is 0.707. The molecular formula is C11H17N5. The zero-order valence-corrected chi connectivity index (χ0v) is 9.62. The Morgan fingerprint density at radius 1 is 1.56 bits per heavy atom. The van der Waals surface area contributed by atoms with E-state index < -0.39 is 0 Å². The van der Waals surface area contributed by atoms with E-state index in [0.717, 1.165) is 23.5 Å². The molecule has 1 atom stereocenters. The molecule has 0 spiro atoms. The van der Waals surface area contributed by atoms with Crippen LogP contribution in [-0.2, 0) is 6.54 Å². The summed E-state index contributed by atoms with van der Waals surface area (Å²) in [6, 6.07) is 2.31. The van der Waals surface area contributed by atoms with E-state index in [4.69, 9.17) is 5.73 Å². The summed E-state index contributed by atoms with van der Waals surface area (Å²) in [5, 5.41) is 3.35. The number of aromatic amines is 1. The first-order valence-electron chi connectivity index (χ1n) is 5.44. The summed E-state index contributed by atoms with van der Waals surface area (Å²) in [5.74, 6) is 0.891. The molecule has 5 heteroatoms. The Hall–Kier alpha value is -1.46. The number of rotatable bonds is 4. The van der Waals surface area contributed by atoms with Gasteiger partial charge in [-0.1, -0.05) is 0 Å². The van der Waals surface area contributed by atoms with Crippen LogP contribution in [0.5, 0.6) is 0 Å². The number of nitrogens with zero attached hydrogens (tertiary/aromatic N) is 2. The summed E-state index contributed by atoms with van der Waals surface area (Å²) in [6.45, 7) is 5.41. The predicted molar refractivity (Wildman–Crippen MR) is 64.0 cm³/mol. The van der Waals surface area contributed by atoms with Gasteiger partial charge < -0.3 is 16.0 Å². The average Bonchev–Trinajstić information content (AvgIpc) is 2.66. The highest BCUT2D eigenvalue weighted by Crippen LogP contribution is 2.13. The lowest BCUT2D eigenvalue weighted by Crippen LogP contribution is -2.32. The molecule has 0 bridgehead atoms. The number of aromatic nitrogens is 3. The molecule has 0 fully saturated rings. The average molecular weight is 219 g/mol. The van der Waals surface area contributed by atoms with Crippen LogP contribution < -0.4 is 11.1 Å². The van der Waals surface area contributed by atoms with Crippen molar-refractivity contribution < 1.29 is 0 Å². The Balaban J connectivity index is 2.23. The molecule has 86 valence electrons. The number of aryl methyl sites for hydroxylation is 1. The summed E-state index contributed by atoms with van der Waals surface area (Å²) in [6.07, 6.45) is 1.78. The zero-order valence-electron chi connectivity index (χ0n) is 9.62. The number of imidazole rings is 1. The molecule has 2 aromatic heterocycles. The van der Waals surface area contributed by atoms with Crippen molar-refractivity contribution in [2.75, 3.05) is 6.54 Å². The summed E-state index contributed by atoms with van der Waals surface area (Å²) in [5.41, 5.74) is 8.52. The third-order valence-corrected chi connectivity index (χ3v) is 2.59. The van der Waals surface area contributed by atoms with E-state index in [-0.39, 0.29) is 0 Å². The molecular weight excluding hydrogens is 202 g/mol. The molecule has 0 saturated carbocycles. The molecule has 0 aliphatic carbocycles. The van der Waals surface area contributed by atoms with Crippen LogP contribution in [0, 0.1) is 6.92 Å². The van der Waals surface area contributed by atoms with Gasteiger partial charge in [0, 0.05) is 25.3 Å². The van der Waals surface area contributed by atoms with Crippen molar-refractivity contribution in [3.63, 3.8) is 0 Å². The minimum absolute atomic E-state index is 0.312. The van der Waals surface area contributed by atoms with Crippen molar-refractivity contribution in [1.29, 1.82) is 0 Å². The number of pyridine rings is 1. The normalized spacial score (nSPS) is 13.2. The fourth-order valence-corrected chi connectivity index (χ4v) is 1.59. The molecule has 0 amide bonds. The van der Waals surface area contributed by atoms with Crippen LogP contribution in [-0.4, -0.2) is 27.5 Å². The largest absolute Gasteiger partial charge is 0.341 e. The second kappa shape index (κ2) is 4.59. The van der Waals surface area contributed by atoms with Gasteiger partial charge in [-0.05, 0) is 25.5 Å². The Morgan fingerprint density at radius 2 is 2.38 bits per heavy atom. The lowest BCUT2D eigenvalue weighted by atomic mass is 10.2. The third-order valence-electron chi connectivity index (χ3n) is 2.59. The van der Waals surface area contributed by atoms with Gasteiger partial charge in [-0.3, -0.25) is 0 Å². The van der Waals surface area contributed by atoms with Crippen molar-refractivity contribution in [1.82, 2.24) is 20.3 Å². The zero-order chi connectivity index (χ0) is 11.5. The predicted octanol–water partition coefficient (Wildman–Crippen LogP) is 0.703. The summed E-state index contributed by atoms with van der Waals surface area (Å²) >= 11 is 0. The Morgan fingerprint density at radius 3 is 3.12 bits per heavy atom. The number of fused-ring (bicyclic) bond motifs is 1. The molecule has 0 aromatic carbocycles. The van der Waals surface area contributed by atoms with Gasteiger partial charge in [-0.15, -0.1) is 0 Å². The molecule has 16 heavy (non-hydrogen) atoms. The molecule has 2 rings (SSSR count). The van der Waals surface area contributed by atoms with E-state index >= 15 is 0 Å². The Kier molecular flexibility index (Phi) is 3.17. The maximum absolute atomic E-state index is 5.56. The van der Waals surface area contributed by atoms with Crippen molar-refractivity contribution in [2.45, 2.75) is 26.4 Å². The minimum Gasteiger partial charge on any atom is -0.341 e. The van der Waals surface area contributed by atoms with E-state index in [0.29, 0.717) is 12.6 Å². The fraction of sp³-hybridized carbons (Fsp3) is 0.455. The number of hydrogen-bond donors (Lipinski definition) is 3. The van der Waals surface area contributed by atoms with E-state index in [9.17, 15) is 0 Å². The van der Waals surface area contributed by atoms with E-state index in [1.54, 1.807) is 6.20 Å². The van der Waals surface area contributed by atoms with Gasteiger partial charge in [-0.25, -0.2) is 9.97 Å². The van der Waals surface area contributed by atoms with Crippen LogP contribution >= 0.6 is 0 Å². The van der Waals surface area contributed by atoms with Gasteiger partial charge in [0.2, 0.25) is 0 Å². The highest BCUT2D eigenvalue weighted by Gasteiger charge is 2.06. The molecule has 0 radical (unpaired) electrons. The van der Waals surface area contributed by atoms with Crippen LogP contribution in [0.15, 0.2) is 12.3 Å². The second-order valence-electron chi connectivity index (χ2n) is 4.01.